The molecule has 1 aromatic carbocycles. The molecule has 1 saturated heterocycles. The zero-order valence-electron chi connectivity index (χ0n) is 15.6. The summed E-state index contributed by atoms with van der Waals surface area (Å²) in [5.41, 5.74) is 0.272. The summed E-state index contributed by atoms with van der Waals surface area (Å²) in [6.07, 6.45) is 0.774. The molecule has 2 aliphatic rings. The molecule has 2 aromatic rings. The zero-order chi connectivity index (χ0) is 20.1. The molecule has 28 heavy (non-hydrogen) atoms. The van der Waals surface area contributed by atoms with Crippen LogP contribution in [-0.2, 0) is 21.5 Å². The maximum absolute atomic E-state index is 13.2. The molecule has 0 radical (unpaired) electrons. The molecule has 2 atom stereocenters. The zero-order valence-corrected chi connectivity index (χ0v) is 16.4. The molecule has 1 aromatic heterocycles. The monoisotopic (exact) mass is 401 g/mol. The van der Waals surface area contributed by atoms with Crippen LogP contribution >= 0.6 is 11.3 Å². The summed E-state index contributed by atoms with van der Waals surface area (Å²) in [6.45, 7) is 3.76. The second-order valence-corrected chi connectivity index (χ2v) is 8.27. The second-order valence-electron chi connectivity index (χ2n) is 7.27. The Kier molecular flexibility index (Phi) is 4.45. The molecule has 3 heterocycles. The Morgan fingerprint density at radius 1 is 1.29 bits per heavy atom. The van der Waals surface area contributed by atoms with Crippen LogP contribution in [0.1, 0.15) is 35.9 Å². The number of rotatable bonds is 3. The van der Waals surface area contributed by atoms with E-state index in [1.807, 2.05) is 18.4 Å². The number of amides is 4. The fourth-order valence-corrected chi connectivity index (χ4v) is 4.86. The van der Waals surface area contributed by atoms with Crippen molar-refractivity contribution in [2.45, 2.75) is 31.8 Å². The molecule has 0 unspecified atom stereocenters. The Bertz CT molecular complexity index is 958. The van der Waals surface area contributed by atoms with E-state index in [2.05, 4.69) is 5.32 Å². The van der Waals surface area contributed by atoms with Gasteiger partial charge in [-0.1, -0.05) is 12.1 Å². The highest BCUT2D eigenvalue weighted by atomic mass is 32.1. The van der Waals surface area contributed by atoms with E-state index >= 15 is 0 Å². The number of fused-ring (bicyclic) bond motifs is 1. The summed E-state index contributed by atoms with van der Waals surface area (Å²) in [4.78, 5) is 42.2. The Hall–Kier alpha value is -2.74. The highest BCUT2D eigenvalue weighted by Crippen LogP contribution is 2.34. The van der Waals surface area contributed by atoms with Crippen molar-refractivity contribution in [3.63, 3.8) is 0 Å². The van der Waals surface area contributed by atoms with E-state index in [1.54, 1.807) is 23.2 Å². The van der Waals surface area contributed by atoms with Crippen molar-refractivity contribution in [3.8, 4) is 0 Å². The van der Waals surface area contributed by atoms with E-state index < -0.39 is 23.3 Å². The second kappa shape index (κ2) is 6.70. The normalized spacial score (nSPS) is 24.3. The lowest BCUT2D eigenvalue weighted by Gasteiger charge is -2.34. The lowest BCUT2D eigenvalue weighted by molar-refractivity contribution is -0.140. The van der Waals surface area contributed by atoms with Crippen molar-refractivity contribution < 1.29 is 18.8 Å². The standard InChI is InChI=1S/C20H20FN3O3S/c1-12-15-8-10-28-16(15)7-9-23(12)17(25)11-24-18(26)20(2,22-19(24)27)13-3-5-14(21)6-4-13/h3-6,8,10,12H,7,9,11H2,1-2H3,(H,22,27)/t12-,20+/m1/s1. The topological polar surface area (TPSA) is 69.7 Å². The van der Waals surface area contributed by atoms with E-state index in [0.29, 0.717) is 12.1 Å². The molecular formula is C20H20FN3O3S. The van der Waals surface area contributed by atoms with Gasteiger partial charge < -0.3 is 10.2 Å². The Balaban J connectivity index is 1.52. The van der Waals surface area contributed by atoms with E-state index in [0.717, 1.165) is 16.9 Å². The molecule has 146 valence electrons. The molecule has 8 heteroatoms. The van der Waals surface area contributed by atoms with Crippen molar-refractivity contribution in [1.29, 1.82) is 0 Å². The minimum atomic E-state index is -1.32. The molecule has 1 fully saturated rings. The molecule has 0 saturated carbocycles. The number of nitrogens with one attached hydrogen (secondary N) is 1. The first kappa shape index (κ1) is 18.6. The smallest absolute Gasteiger partial charge is 0.325 e. The molecule has 0 spiro atoms. The summed E-state index contributed by atoms with van der Waals surface area (Å²) in [5.74, 6) is -1.21. The van der Waals surface area contributed by atoms with Crippen LogP contribution in [0.15, 0.2) is 35.7 Å². The van der Waals surface area contributed by atoms with Gasteiger partial charge in [0.1, 0.15) is 17.9 Å². The van der Waals surface area contributed by atoms with Gasteiger partial charge in [0, 0.05) is 11.4 Å². The Morgan fingerprint density at radius 2 is 2.00 bits per heavy atom. The fraction of sp³-hybridized carbons (Fsp3) is 0.350. The number of thiophene rings is 1. The van der Waals surface area contributed by atoms with Crippen LogP contribution in [0.4, 0.5) is 9.18 Å². The summed E-state index contributed by atoms with van der Waals surface area (Å²) in [7, 11) is 0. The third kappa shape index (κ3) is 2.88. The van der Waals surface area contributed by atoms with Crippen LogP contribution in [-0.4, -0.2) is 40.7 Å². The molecule has 4 rings (SSSR count). The van der Waals surface area contributed by atoms with Crippen molar-refractivity contribution in [1.82, 2.24) is 15.1 Å². The number of carbonyl (C=O) groups is 3. The average molecular weight is 401 g/mol. The van der Waals surface area contributed by atoms with Crippen molar-refractivity contribution in [2.24, 2.45) is 0 Å². The van der Waals surface area contributed by atoms with Gasteiger partial charge in [0.15, 0.2) is 0 Å². The van der Waals surface area contributed by atoms with Crippen LogP contribution in [0.5, 0.6) is 0 Å². The molecule has 4 amide bonds. The summed E-state index contributed by atoms with van der Waals surface area (Å²) < 4.78 is 13.2. The number of nitrogens with zero attached hydrogens (tertiary/aromatic N) is 2. The SMILES string of the molecule is C[C@@H]1c2ccsc2CCN1C(=O)CN1C(=O)N[C@@](C)(c2ccc(F)cc2)C1=O. The molecule has 0 bridgehead atoms. The van der Waals surface area contributed by atoms with Gasteiger partial charge in [-0.2, -0.15) is 0 Å². The van der Waals surface area contributed by atoms with Gasteiger partial charge in [-0.25, -0.2) is 9.18 Å². The highest BCUT2D eigenvalue weighted by molar-refractivity contribution is 7.10. The van der Waals surface area contributed by atoms with Gasteiger partial charge >= 0.3 is 6.03 Å². The lowest BCUT2D eigenvalue weighted by atomic mass is 9.92. The van der Waals surface area contributed by atoms with Gasteiger partial charge in [0.05, 0.1) is 6.04 Å². The minimum absolute atomic E-state index is 0.0910. The van der Waals surface area contributed by atoms with Crippen LogP contribution in [0.3, 0.4) is 0 Å². The number of halogens is 1. The first-order valence-corrected chi connectivity index (χ1v) is 9.95. The van der Waals surface area contributed by atoms with Gasteiger partial charge in [-0.05, 0) is 55.0 Å². The minimum Gasteiger partial charge on any atom is -0.334 e. The molecule has 1 N–H and O–H groups in total. The van der Waals surface area contributed by atoms with Gasteiger partial charge in [-0.15, -0.1) is 11.3 Å². The number of hydrogen-bond acceptors (Lipinski definition) is 4. The van der Waals surface area contributed by atoms with Crippen LogP contribution in [0, 0.1) is 5.82 Å². The summed E-state index contributed by atoms with van der Waals surface area (Å²) in [6, 6.07) is 6.71. The molecular weight excluding hydrogens is 381 g/mol. The van der Waals surface area contributed by atoms with Gasteiger partial charge in [-0.3, -0.25) is 14.5 Å². The Labute approximate surface area is 165 Å². The molecule has 6 nitrogen and oxygen atoms in total. The largest absolute Gasteiger partial charge is 0.334 e. The van der Waals surface area contributed by atoms with Crippen molar-refractivity contribution in [2.75, 3.05) is 13.1 Å². The van der Waals surface area contributed by atoms with Crippen molar-refractivity contribution in [3.05, 3.63) is 57.5 Å². The van der Waals surface area contributed by atoms with Crippen LogP contribution in [0.2, 0.25) is 0 Å². The quantitative estimate of drug-likeness (QED) is 0.804. The van der Waals surface area contributed by atoms with E-state index in [4.69, 9.17) is 0 Å². The van der Waals surface area contributed by atoms with Crippen LogP contribution in [0.25, 0.3) is 0 Å². The number of benzene rings is 1. The van der Waals surface area contributed by atoms with Gasteiger partial charge in [0.25, 0.3) is 5.91 Å². The number of urea groups is 1. The van der Waals surface area contributed by atoms with E-state index in [1.165, 1.54) is 29.1 Å². The average Bonchev–Trinajstić information content (AvgIpc) is 3.22. The predicted molar refractivity (Wildman–Crippen MR) is 102 cm³/mol. The first-order chi connectivity index (χ1) is 13.3. The third-order valence-electron chi connectivity index (χ3n) is 5.59. The maximum Gasteiger partial charge on any atom is 0.325 e. The number of hydrogen-bond donors (Lipinski definition) is 1. The predicted octanol–water partition coefficient (Wildman–Crippen LogP) is 2.80. The fourth-order valence-electron chi connectivity index (χ4n) is 3.90. The maximum atomic E-state index is 13.2. The lowest BCUT2D eigenvalue weighted by Crippen LogP contribution is -2.46. The first-order valence-electron chi connectivity index (χ1n) is 9.07. The molecule has 0 aliphatic carbocycles. The summed E-state index contributed by atoms with van der Waals surface area (Å²) >= 11 is 1.68. The Morgan fingerprint density at radius 3 is 2.71 bits per heavy atom. The van der Waals surface area contributed by atoms with E-state index in [-0.39, 0.29) is 18.5 Å². The van der Waals surface area contributed by atoms with Crippen molar-refractivity contribution >= 4 is 29.2 Å². The summed E-state index contributed by atoms with van der Waals surface area (Å²) in [5, 5.41) is 4.66. The van der Waals surface area contributed by atoms with Gasteiger partial charge in [0.2, 0.25) is 5.91 Å². The molecule has 2 aliphatic heterocycles. The third-order valence-corrected chi connectivity index (χ3v) is 6.58. The van der Waals surface area contributed by atoms with Crippen LogP contribution < -0.4 is 5.32 Å². The van der Waals surface area contributed by atoms with E-state index in [9.17, 15) is 18.8 Å². The number of carbonyl (C=O) groups excluding carboxylic acids is 3. The highest BCUT2D eigenvalue weighted by Gasteiger charge is 2.50. The number of imide groups is 1.